The summed E-state index contributed by atoms with van der Waals surface area (Å²) < 4.78 is 80.4. The Balaban J connectivity index is 1.57. The van der Waals surface area contributed by atoms with E-state index in [1.54, 1.807) is 0 Å². The first-order valence-electron chi connectivity index (χ1n) is 10.0. The van der Waals surface area contributed by atoms with Crippen LogP contribution in [0, 0.1) is 6.92 Å². The molecule has 0 spiro atoms. The molecular formula is C19H23F6N5O. The first-order chi connectivity index (χ1) is 14.5. The summed E-state index contributed by atoms with van der Waals surface area (Å²) in [7, 11) is 0. The fourth-order valence-corrected chi connectivity index (χ4v) is 3.73. The lowest BCUT2D eigenvalue weighted by Gasteiger charge is -2.09. The van der Waals surface area contributed by atoms with Crippen LogP contribution in [-0.2, 0) is 43.1 Å². The molecule has 0 saturated carbocycles. The van der Waals surface area contributed by atoms with Crippen LogP contribution in [0.15, 0.2) is 6.07 Å². The zero-order chi connectivity index (χ0) is 22.8. The summed E-state index contributed by atoms with van der Waals surface area (Å²) in [5.74, 6) is -0.503. The first-order valence-corrected chi connectivity index (χ1v) is 10.0. The van der Waals surface area contributed by atoms with Crippen LogP contribution >= 0.6 is 0 Å². The van der Waals surface area contributed by atoms with Gasteiger partial charge in [-0.3, -0.25) is 14.2 Å². The molecule has 3 rings (SSSR count). The van der Waals surface area contributed by atoms with E-state index in [2.05, 4.69) is 15.5 Å². The Morgan fingerprint density at radius 1 is 1.03 bits per heavy atom. The molecule has 12 heteroatoms. The van der Waals surface area contributed by atoms with Crippen molar-refractivity contribution in [3.63, 3.8) is 0 Å². The lowest BCUT2D eigenvalue weighted by molar-refractivity contribution is -0.142. The molecule has 2 heterocycles. The summed E-state index contributed by atoms with van der Waals surface area (Å²) in [5.41, 5.74) is -0.933. The molecule has 1 aliphatic carbocycles. The molecule has 1 amide bonds. The van der Waals surface area contributed by atoms with E-state index < -0.39 is 29.6 Å². The van der Waals surface area contributed by atoms with Crippen LogP contribution < -0.4 is 5.32 Å². The molecule has 172 valence electrons. The third-order valence-corrected chi connectivity index (χ3v) is 5.21. The molecule has 2 aromatic heterocycles. The topological polar surface area (TPSA) is 64.7 Å². The van der Waals surface area contributed by atoms with Gasteiger partial charge in [-0.1, -0.05) is 6.42 Å². The van der Waals surface area contributed by atoms with Gasteiger partial charge in [0.15, 0.2) is 11.4 Å². The maximum Gasteiger partial charge on any atom is 0.435 e. The summed E-state index contributed by atoms with van der Waals surface area (Å²) in [4.78, 5) is 12.2. The Kier molecular flexibility index (Phi) is 6.65. The minimum Gasteiger partial charge on any atom is -0.354 e. The van der Waals surface area contributed by atoms with Gasteiger partial charge in [-0.05, 0) is 45.1 Å². The maximum atomic E-state index is 13.3. The highest BCUT2D eigenvalue weighted by molar-refractivity contribution is 5.75. The number of alkyl halides is 6. The van der Waals surface area contributed by atoms with Crippen molar-refractivity contribution in [2.24, 2.45) is 0 Å². The number of carbonyl (C=O) groups is 1. The maximum absolute atomic E-state index is 13.3. The van der Waals surface area contributed by atoms with E-state index in [0.29, 0.717) is 30.7 Å². The molecule has 0 aliphatic heterocycles. The fraction of sp³-hybridized carbons (Fsp3) is 0.632. The Hall–Kier alpha value is -2.53. The lowest BCUT2D eigenvalue weighted by atomic mass is 10.1. The first kappa shape index (κ1) is 23.1. The van der Waals surface area contributed by atoms with Gasteiger partial charge in [-0.15, -0.1) is 0 Å². The summed E-state index contributed by atoms with van der Waals surface area (Å²) in [6, 6.07) is 0.945. The predicted octanol–water partition coefficient (Wildman–Crippen LogP) is 3.90. The number of halogens is 6. The van der Waals surface area contributed by atoms with Crippen LogP contribution in [-0.4, -0.2) is 32.0 Å². The summed E-state index contributed by atoms with van der Waals surface area (Å²) in [6.45, 7) is 1.48. The van der Waals surface area contributed by atoms with E-state index in [9.17, 15) is 31.1 Å². The largest absolute Gasteiger partial charge is 0.435 e. The van der Waals surface area contributed by atoms with Crippen molar-refractivity contribution < 1.29 is 31.1 Å². The van der Waals surface area contributed by atoms with E-state index in [1.165, 1.54) is 11.6 Å². The molecule has 1 aliphatic rings. The third-order valence-electron chi connectivity index (χ3n) is 5.21. The minimum atomic E-state index is -4.58. The number of nitrogens with zero attached hydrogens (tertiary/aromatic N) is 4. The highest BCUT2D eigenvalue weighted by Gasteiger charge is 2.39. The summed E-state index contributed by atoms with van der Waals surface area (Å²) >= 11 is 0. The van der Waals surface area contributed by atoms with Crippen LogP contribution in [0.25, 0.3) is 0 Å². The number of fused-ring (bicyclic) bond motifs is 1. The van der Waals surface area contributed by atoms with E-state index >= 15 is 0 Å². The average molecular weight is 451 g/mol. The van der Waals surface area contributed by atoms with Gasteiger partial charge in [0, 0.05) is 30.0 Å². The molecule has 0 atom stereocenters. The average Bonchev–Trinajstić information content (AvgIpc) is 3.09. The van der Waals surface area contributed by atoms with Crippen molar-refractivity contribution >= 4 is 5.91 Å². The van der Waals surface area contributed by atoms with Gasteiger partial charge < -0.3 is 5.32 Å². The molecule has 1 N–H and O–H groups in total. The smallest absolute Gasteiger partial charge is 0.354 e. The standard InChI is InChI=1S/C19H23F6N5O/c1-12-10-15(18(20,21)22)27-29(12)9-5-8-26-16(31)11-30-14-7-4-2-3-6-13(14)17(28-30)19(23,24)25/h10H,2-9,11H2,1H3,(H,26,31). The van der Waals surface area contributed by atoms with Crippen molar-refractivity contribution in [1.82, 2.24) is 24.9 Å². The second-order valence-electron chi connectivity index (χ2n) is 7.59. The van der Waals surface area contributed by atoms with Crippen molar-refractivity contribution in [2.75, 3.05) is 6.54 Å². The van der Waals surface area contributed by atoms with Crippen LogP contribution in [0.5, 0.6) is 0 Å². The Morgan fingerprint density at radius 3 is 2.39 bits per heavy atom. The van der Waals surface area contributed by atoms with Gasteiger partial charge in [0.1, 0.15) is 6.54 Å². The number of amides is 1. The number of carbonyl (C=O) groups excluding carboxylic acids is 1. The van der Waals surface area contributed by atoms with E-state index in [0.717, 1.165) is 23.6 Å². The second-order valence-corrected chi connectivity index (χ2v) is 7.59. The lowest BCUT2D eigenvalue weighted by Crippen LogP contribution is -2.30. The molecule has 31 heavy (non-hydrogen) atoms. The zero-order valence-electron chi connectivity index (χ0n) is 16.9. The number of aromatic nitrogens is 4. The Labute approximate surface area is 174 Å². The number of hydrogen-bond acceptors (Lipinski definition) is 3. The SMILES string of the molecule is Cc1cc(C(F)(F)F)nn1CCCNC(=O)Cn1nc(C(F)(F)F)c2c1CCCCC2. The molecule has 6 nitrogen and oxygen atoms in total. The minimum absolute atomic E-state index is 0.148. The van der Waals surface area contributed by atoms with E-state index in [1.807, 2.05) is 0 Å². The Bertz CT molecular complexity index is 928. The van der Waals surface area contributed by atoms with E-state index in [4.69, 9.17) is 0 Å². The predicted molar refractivity (Wildman–Crippen MR) is 98.1 cm³/mol. The summed E-state index contributed by atoms with van der Waals surface area (Å²) in [6.07, 6.45) is -5.86. The van der Waals surface area contributed by atoms with Gasteiger partial charge in [0.05, 0.1) is 0 Å². The molecular weight excluding hydrogens is 428 g/mol. The molecule has 0 fully saturated rings. The van der Waals surface area contributed by atoms with Gasteiger partial charge in [0.2, 0.25) is 5.91 Å². The molecule has 0 bridgehead atoms. The van der Waals surface area contributed by atoms with E-state index in [-0.39, 0.29) is 31.6 Å². The normalized spacial score (nSPS) is 14.9. The van der Waals surface area contributed by atoms with Gasteiger partial charge in [-0.2, -0.15) is 36.5 Å². The molecule has 0 saturated heterocycles. The quantitative estimate of drug-likeness (QED) is 0.412. The van der Waals surface area contributed by atoms with Gasteiger partial charge in [0.25, 0.3) is 0 Å². The van der Waals surface area contributed by atoms with Crippen molar-refractivity contribution in [3.05, 3.63) is 34.4 Å². The number of aryl methyl sites for hydroxylation is 2. The van der Waals surface area contributed by atoms with Crippen molar-refractivity contribution in [1.29, 1.82) is 0 Å². The van der Waals surface area contributed by atoms with Crippen molar-refractivity contribution in [2.45, 2.75) is 70.9 Å². The molecule has 0 radical (unpaired) electrons. The van der Waals surface area contributed by atoms with Crippen LogP contribution in [0.3, 0.4) is 0 Å². The number of hydrogen-bond donors (Lipinski definition) is 1. The van der Waals surface area contributed by atoms with Gasteiger partial charge >= 0.3 is 12.4 Å². The second kappa shape index (κ2) is 8.91. The Morgan fingerprint density at radius 2 is 1.74 bits per heavy atom. The highest BCUT2D eigenvalue weighted by Crippen LogP contribution is 2.35. The molecule has 0 aromatic carbocycles. The highest BCUT2D eigenvalue weighted by atomic mass is 19.4. The van der Waals surface area contributed by atoms with Crippen LogP contribution in [0.1, 0.15) is 54.0 Å². The fourth-order valence-electron chi connectivity index (χ4n) is 3.73. The molecule has 2 aromatic rings. The monoisotopic (exact) mass is 451 g/mol. The van der Waals surface area contributed by atoms with Crippen LogP contribution in [0.4, 0.5) is 26.3 Å². The third kappa shape index (κ3) is 5.59. The summed E-state index contributed by atoms with van der Waals surface area (Å²) in [5, 5.41) is 9.76. The van der Waals surface area contributed by atoms with Crippen LogP contribution in [0.2, 0.25) is 0 Å². The number of nitrogens with one attached hydrogen (secondary N) is 1. The number of rotatable bonds is 6. The van der Waals surface area contributed by atoms with Crippen molar-refractivity contribution in [3.8, 4) is 0 Å². The molecule has 0 unspecified atom stereocenters. The zero-order valence-corrected chi connectivity index (χ0v) is 16.9. The van der Waals surface area contributed by atoms with Gasteiger partial charge in [-0.25, -0.2) is 0 Å².